The number of carbonyl (C=O) groups is 1. The first-order chi connectivity index (χ1) is 10.7. The van der Waals surface area contributed by atoms with Gasteiger partial charge in [-0.25, -0.2) is 4.39 Å². The molecule has 0 aliphatic heterocycles. The highest BCUT2D eigenvalue weighted by atomic mass is 35.5. The summed E-state index contributed by atoms with van der Waals surface area (Å²) in [6, 6.07) is 8.16. The molecule has 2 aromatic carbocycles. The van der Waals surface area contributed by atoms with Gasteiger partial charge in [-0.1, -0.05) is 35.4 Å². The maximum atomic E-state index is 13.8. The van der Waals surface area contributed by atoms with Crippen LogP contribution in [0.2, 0.25) is 5.02 Å². The molecule has 0 radical (unpaired) electrons. The van der Waals surface area contributed by atoms with Crippen molar-refractivity contribution in [3.8, 4) is 0 Å². The topological polar surface area (TPSA) is 49.3 Å². The fraction of sp³-hybridized carbons (Fsp3) is 0.133. The minimum atomic E-state index is -2.36. The molecule has 0 saturated heterocycles. The molecule has 0 aliphatic rings. The first kappa shape index (κ1) is 10.7. The second kappa shape index (κ2) is 5.92. The highest BCUT2D eigenvalue weighted by Crippen LogP contribution is 2.30. The Hall–Kier alpha value is -2.07. The van der Waals surface area contributed by atoms with Gasteiger partial charge in [0, 0.05) is 9.80 Å². The van der Waals surface area contributed by atoms with Gasteiger partial charge in [-0.2, -0.15) is 0 Å². The van der Waals surface area contributed by atoms with Crippen LogP contribution in [0.25, 0.3) is 0 Å². The molecule has 20 heavy (non-hydrogen) atoms. The minimum absolute atomic E-state index is 0.00226. The van der Waals surface area contributed by atoms with Gasteiger partial charge in [-0.3, -0.25) is 4.79 Å². The number of para-hydroxylation sites is 1. The number of aliphatic carboxylic acids is 1. The van der Waals surface area contributed by atoms with Crippen molar-refractivity contribution in [2.45, 2.75) is 13.3 Å². The van der Waals surface area contributed by atoms with Crippen LogP contribution < -0.4 is 5.32 Å². The lowest BCUT2D eigenvalue weighted by molar-refractivity contribution is -0.136. The highest BCUT2D eigenvalue weighted by molar-refractivity contribution is 6.33. The Morgan fingerprint density at radius 3 is 2.90 bits per heavy atom. The number of hydrogen-bond donors (Lipinski definition) is 2. The number of carboxylic acids is 1. The van der Waals surface area contributed by atoms with Gasteiger partial charge < -0.3 is 10.4 Å². The van der Waals surface area contributed by atoms with E-state index in [0.29, 0.717) is 0 Å². The fourth-order valence-electron chi connectivity index (χ4n) is 1.78. The normalized spacial score (nSPS) is 13.2. The lowest BCUT2D eigenvalue weighted by atomic mass is 10.1. The monoisotopic (exact) mass is 296 g/mol. The molecule has 0 aliphatic carbocycles. The van der Waals surface area contributed by atoms with Gasteiger partial charge in [0.15, 0.2) is 0 Å². The lowest BCUT2D eigenvalue weighted by Crippen LogP contribution is -2.05. The third kappa shape index (κ3) is 3.27. The van der Waals surface area contributed by atoms with Gasteiger partial charge in [0.2, 0.25) is 0 Å². The van der Waals surface area contributed by atoms with Crippen LogP contribution in [-0.2, 0) is 11.2 Å². The zero-order valence-electron chi connectivity index (χ0n) is 13.3. The third-order valence-corrected chi connectivity index (χ3v) is 2.98. The van der Waals surface area contributed by atoms with E-state index in [1.165, 1.54) is 36.4 Å². The van der Waals surface area contributed by atoms with Crippen molar-refractivity contribution in [2.75, 3.05) is 5.32 Å². The Balaban J connectivity index is 2.47. The molecule has 3 nitrogen and oxygen atoms in total. The number of nitrogens with one attached hydrogen (secondary N) is 1. The molecule has 2 N–H and O–H groups in total. The zero-order valence-corrected chi connectivity index (χ0v) is 11.0. The van der Waals surface area contributed by atoms with Crippen LogP contribution >= 0.6 is 11.6 Å². The molecule has 0 amide bonds. The summed E-state index contributed by atoms with van der Waals surface area (Å²) in [5.41, 5.74) is 0.527. The highest BCUT2D eigenvalue weighted by Gasteiger charge is 2.11. The van der Waals surface area contributed by atoms with Crippen molar-refractivity contribution in [1.29, 1.82) is 0 Å². The average Bonchev–Trinajstić information content (AvgIpc) is 2.42. The first-order valence-corrected chi connectivity index (χ1v) is 6.12. The summed E-state index contributed by atoms with van der Waals surface area (Å²) >= 11 is 5.93. The summed E-state index contributed by atoms with van der Waals surface area (Å²) in [7, 11) is 0. The number of benzene rings is 2. The van der Waals surface area contributed by atoms with Gasteiger partial charge in [0.25, 0.3) is 0 Å². The van der Waals surface area contributed by atoms with Crippen LogP contribution in [0, 0.1) is 12.7 Å². The van der Waals surface area contributed by atoms with E-state index in [4.69, 9.17) is 20.8 Å². The Morgan fingerprint density at radius 2 is 2.25 bits per heavy atom. The maximum Gasteiger partial charge on any atom is 0.307 e. The quantitative estimate of drug-likeness (QED) is 0.891. The molecule has 104 valence electrons. The summed E-state index contributed by atoms with van der Waals surface area (Å²) < 4.78 is 36.0. The lowest BCUT2D eigenvalue weighted by Gasteiger charge is -2.13. The standard InChI is InChI=1S/C15H13ClFNO2/c1-9-5-6-13(10(7-9)8-14(19)20)18-15-11(16)3-2-4-12(15)17/h2-7,18H,8H2,1H3,(H,19,20)/i1D3. The van der Waals surface area contributed by atoms with Crippen LogP contribution in [0.15, 0.2) is 36.4 Å². The molecule has 0 heterocycles. The SMILES string of the molecule is [2H]C([2H])([2H])c1ccc(Nc2c(F)cccc2Cl)c(CC(=O)O)c1. The Morgan fingerprint density at radius 1 is 1.45 bits per heavy atom. The average molecular weight is 297 g/mol. The predicted molar refractivity (Wildman–Crippen MR) is 77.2 cm³/mol. The largest absolute Gasteiger partial charge is 0.481 e. The molecule has 0 fully saturated rings. The predicted octanol–water partition coefficient (Wildman–Crippen LogP) is 4.16. The Bertz CT molecular complexity index is 730. The van der Waals surface area contributed by atoms with Crippen molar-refractivity contribution < 1.29 is 18.4 Å². The van der Waals surface area contributed by atoms with E-state index in [1.807, 2.05) is 0 Å². The molecular weight excluding hydrogens is 281 g/mol. The number of hydrogen-bond acceptors (Lipinski definition) is 2. The summed E-state index contributed by atoms with van der Waals surface area (Å²) in [4.78, 5) is 11.0. The number of rotatable bonds is 4. The molecule has 0 bridgehead atoms. The Labute approximate surface area is 125 Å². The van der Waals surface area contributed by atoms with Gasteiger partial charge in [0.05, 0.1) is 17.1 Å². The van der Waals surface area contributed by atoms with E-state index in [0.717, 1.165) is 0 Å². The van der Waals surface area contributed by atoms with E-state index < -0.39 is 25.1 Å². The summed E-state index contributed by atoms with van der Waals surface area (Å²) in [6.07, 6.45) is -0.404. The molecule has 5 heteroatoms. The molecule has 2 aromatic rings. The van der Waals surface area contributed by atoms with Gasteiger partial charge in [0.1, 0.15) is 5.82 Å². The molecule has 0 aromatic heterocycles. The zero-order chi connectivity index (χ0) is 17.2. The number of aryl methyl sites for hydroxylation is 1. The van der Waals surface area contributed by atoms with Crippen molar-refractivity contribution in [2.24, 2.45) is 0 Å². The van der Waals surface area contributed by atoms with Crippen LogP contribution in [0.3, 0.4) is 0 Å². The minimum Gasteiger partial charge on any atom is -0.481 e. The molecule has 0 spiro atoms. The van der Waals surface area contributed by atoms with Gasteiger partial charge in [-0.05, 0) is 30.6 Å². The summed E-state index contributed by atoms with van der Waals surface area (Å²) in [5, 5.41) is 11.9. The van der Waals surface area contributed by atoms with E-state index in [9.17, 15) is 9.18 Å². The van der Waals surface area contributed by atoms with Crippen LogP contribution in [0.5, 0.6) is 0 Å². The first-order valence-electron chi connectivity index (χ1n) is 7.24. The van der Waals surface area contributed by atoms with Crippen LogP contribution in [-0.4, -0.2) is 11.1 Å². The fourth-order valence-corrected chi connectivity index (χ4v) is 1.99. The van der Waals surface area contributed by atoms with Crippen molar-refractivity contribution in [1.82, 2.24) is 0 Å². The smallest absolute Gasteiger partial charge is 0.307 e. The van der Waals surface area contributed by atoms with Crippen LogP contribution in [0.4, 0.5) is 15.8 Å². The van der Waals surface area contributed by atoms with Crippen molar-refractivity contribution in [3.63, 3.8) is 0 Å². The van der Waals surface area contributed by atoms with E-state index in [-0.39, 0.29) is 27.5 Å². The summed E-state index contributed by atoms with van der Waals surface area (Å²) in [5.74, 6) is -1.73. The van der Waals surface area contributed by atoms with Gasteiger partial charge >= 0.3 is 5.97 Å². The number of anilines is 2. The van der Waals surface area contributed by atoms with E-state index in [2.05, 4.69) is 5.32 Å². The number of carboxylic acid groups (broad SMARTS) is 1. The molecule has 2 rings (SSSR count). The maximum absolute atomic E-state index is 13.8. The molecule has 0 atom stereocenters. The van der Waals surface area contributed by atoms with E-state index in [1.54, 1.807) is 0 Å². The third-order valence-electron chi connectivity index (χ3n) is 2.67. The molecule has 0 saturated carbocycles. The van der Waals surface area contributed by atoms with Gasteiger partial charge in [-0.15, -0.1) is 0 Å². The van der Waals surface area contributed by atoms with Crippen LogP contribution in [0.1, 0.15) is 15.2 Å². The Kier molecular flexibility index (Phi) is 3.17. The number of halogens is 2. The second-order valence-corrected chi connectivity index (χ2v) is 4.57. The van der Waals surface area contributed by atoms with Crippen molar-refractivity contribution in [3.05, 3.63) is 58.4 Å². The van der Waals surface area contributed by atoms with Crippen molar-refractivity contribution >= 4 is 28.9 Å². The summed E-state index contributed by atoms with van der Waals surface area (Å²) in [6.45, 7) is -2.36. The molecular formula is C15H13ClFNO2. The molecule has 0 unspecified atom stereocenters. The van der Waals surface area contributed by atoms with E-state index >= 15 is 0 Å². The second-order valence-electron chi connectivity index (χ2n) is 4.16.